The van der Waals surface area contributed by atoms with Crippen molar-refractivity contribution in [2.75, 3.05) is 5.32 Å². The molecule has 27 heavy (non-hydrogen) atoms. The minimum Gasteiger partial charge on any atom is -0.452 e. The van der Waals surface area contributed by atoms with Crippen molar-refractivity contribution in [3.05, 3.63) is 59.2 Å². The monoisotopic (exact) mass is 363 g/mol. The first kappa shape index (κ1) is 18.8. The summed E-state index contributed by atoms with van der Waals surface area (Å²) in [6.07, 6.45) is 3.27. The number of benzene rings is 2. The number of carbonyl (C=O) groups is 1. The molecule has 0 atom stereocenters. The van der Waals surface area contributed by atoms with E-state index in [1.165, 1.54) is 6.42 Å². The van der Waals surface area contributed by atoms with Crippen LogP contribution < -0.4 is 10.1 Å². The van der Waals surface area contributed by atoms with Gasteiger partial charge in [-0.15, -0.1) is 0 Å². The Morgan fingerprint density at radius 1 is 1.07 bits per heavy atom. The minimum atomic E-state index is -0.948. The van der Waals surface area contributed by atoms with Crippen LogP contribution in [0.3, 0.4) is 0 Å². The molecule has 4 nitrogen and oxygen atoms in total. The van der Waals surface area contributed by atoms with Gasteiger partial charge < -0.3 is 14.8 Å². The topological polar surface area (TPSA) is 47.6 Å². The molecule has 0 unspecified atom stereocenters. The Hall–Kier alpha value is -2.93. The van der Waals surface area contributed by atoms with Crippen LogP contribution in [-0.2, 0) is 11.3 Å². The predicted octanol–water partition coefficient (Wildman–Crippen LogP) is 5.13. The molecular weight excluding hydrogens is 338 g/mol. The molecule has 3 rings (SSSR count). The Morgan fingerprint density at radius 3 is 2.59 bits per heavy atom. The molecule has 0 aromatic heterocycles. The molecule has 0 saturated heterocycles. The van der Waals surface area contributed by atoms with Crippen molar-refractivity contribution in [3.8, 4) is 17.6 Å². The molecule has 0 saturated carbocycles. The fourth-order valence-electron chi connectivity index (χ4n) is 2.79. The van der Waals surface area contributed by atoms with Crippen molar-refractivity contribution in [3.63, 3.8) is 0 Å². The van der Waals surface area contributed by atoms with Crippen molar-refractivity contribution in [2.45, 2.75) is 52.4 Å². The van der Waals surface area contributed by atoms with Crippen molar-refractivity contribution in [2.24, 2.45) is 0 Å². The van der Waals surface area contributed by atoms with Crippen LogP contribution in [-0.4, -0.2) is 11.8 Å². The summed E-state index contributed by atoms with van der Waals surface area (Å²) in [5.41, 5.74) is 3.54. The molecular formula is C23H25NO3. The predicted molar refractivity (Wildman–Crippen MR) is 107 cm³/mol. The first-order chi connectivity index (χ1) is 13.0. The largest absolute Gasteiger partial charge is 0.452 e. The molecule has 0 fully saturated rings. The Morgan fingerprint density at radius 2 is 1.85 bits per heavy atom. The van der Waals surface area contributed by atoms with Crippen LogP contribution in [0, 0.1) is 11.8 Å². The van der Waals surface area contributed by atoms with Gasteiger partial charge in [0, 0.05) is 44.1 Å². The van der Waals surface area contributed by atoms with Crippen LogP contribution >= 0.6 is 0 Å². The van der Waals surface area contributed by atoms with Crippen LogP contribution in [0.2, 0.25) is 0 Å². The van der Waals surface area contributed by atoms with E-state index in [0.717, 1.165) is 29.7 Å². The average molecular weight is 363 g/mol. The smallest absolute Gasteiger partial charge is 0.345 e. The van der Waals surface area contributed by atoms with Gasteiger partial charge in [0.2, 0.25) is 5.79 Å². The van der Waals surface area contributed by atoms with Gasteiger partial charge in [-0.1, -0.05) is 37.3 Å². The number of ether oxygens (including phenoxy) is 2. The van der Waals surface area contributed by atoms with Gasteiger partial charge in [-0.2, -0.15) is 0 Å². The highest BCUT2D eigenvalue weighted by atomic mass is 16.7. The van der Waals surface area contributed by atoms with Gasteiger partial charge in [0.15, 0.2) is 0 Å². The number of cyclic esters (lactones) is 1. The number of unbranched alkanes of at least 4 members (excludes halogenated alkanes) is 2. The number of hydrogen-bond donors (Lipinski definition) is 1. The number of fused-ring (bicyclic) bond motifs is 1. The maximum Gasteiger partial charge on any atom is 0.345 e. The standard InChI is InChI=1S/C23H25NO3/c1-4-5-6-7-8-17-9-11-18(12-10-17)16-24-19-13-14-20-21(15-19)26-23(2,3)27-22(20)25/h9-15,24H,4-6,16H2,1-3H3. The van der Waals surface area contributed by atoms with E-state index in [1.54, 1.807) is 19.9 Å². The summed E-state index contributed by atoms with van der Waals surface area (Å²) < 4.78 is 11.0. The molecule has 1 N–H and O–H groups in total. The maximum atomic E-state index is 12.0. The molecule has 2 aromatic rings. The van der Waals surface area contributed by atoms with E-state index < -0.39 is 5.79 Å². The lowest BCUT2D eigenvalue weighted by Crippen LogP contribution is -2.38. The normalized spacial score (nSPS) is 14.3. The second-order valence-electron chi connectivity index (χ2n) is 7.06. The Labute approximate surface area is 160 Å². The van der Waals surface area contributed by atoms with Crippen LogP contribution in [0.1, 0.15) is 61.5 Å². The fraction of sp³-hybridized carbons (Fsp3) is 0.348. The molecule has 0 spiro atoms. The molecule has 0 bridgehead atoms. The summed E-state index contributed by atoms with van der Waals surface area (Å²) in [5, 5.41) is 3.36. The zero-order chi connectivity index (χ0) is 19.3. The Kier molecular flexibility index (Phi) is 5.71. The quantitative estimate of drug-likeness (QED) is 0.455. The van der Waals surface area contributed by atoms with Gasteiger partial charge in [-0.3, -0.25) is 0 Å². The summed E-state index contributed by atoms with van der Waals surface area (Å²) in [7, 11) is 0. The molecule has 1 aliphatic heterocycles. The SMILES string of the molecule is CCCCC#Cc1ccc(CNc2ccc3c(c2)OC(C)(C)OC3=O)cc1. The molecule has 4 heteroatoms. The van der Waals surface area contributed by atoms with Crippen molar-refractivity contribution >= 4 is 11.7 Å². The van der Waals surface area contributed by atoms with Gasteiger partial charge in [0.25, 0.3) is 0 Å². The molecule has 0 amide bonds. The summed E-state index contributed by atoms with van der Waals surface area (Å²) >= 11 is 0. The van der Waals surface area contributed by atoms with E-state index >= 15 is 0 Å². The highest BCUT2D eigenvalue weighted by molar-refractivity contribution is 5.94. The number of rotatable bonds is 5. The van der Waals surface area contributed by atoms with E-state index in [2.05, 4.69) is 36.2 Å². The van der Waals surface area contributed by atoms with Crippen molar-refractivity contribution in [1.82, 2.24) is 0 Å². The zero-order valence-electron chi connectivity index (χ0n) is 16.1. The van der Waals surface area contributed by atoms with E-state index in [9.17, 15) is 4.79 Å². The average Bonchev–Trinajstić information content (AvgIpc) is 2.63. The van der Waals surface area contributed by atoms with Crippen LogP contribution in [0.25, 0.3) is 0 Å². The van der Waals surface area contributed by atoms with E-state index in [1.807, 2.05) is 24.3 Å². The lowest BCUT2D eigenvalue weighted by Gasteiger charge is -2.31. The fourth-order valence-corrected chi connectivity index (χ4v) is 2.79. The van der Waals surface area contributed by atoms with Gasteiger partial charge in [0.05, 0.1) is 0 Å². The summed E-state index contributed by atoms with van der Waals surface area (Å²) in [6.45, 7) is 6.29. The number of hydrogen-bond acceptors (Lipinski definition) is 4. The Bertz CT molecular complexity index is 873. The van der Waals surface area contributed by atoms with E-state index in [0.29, 0.717) is 17.9 Å². The molecule has 0 radical (unpaired) electrons. The zero-order valence-corrected chi connectivity index (χ0v) is 16.1. The van der Waals surface area contributed by atoms with Crippen molar-refractivity contribution < 1.29 is 14.3 Å². The first-order valence-electron chi connectivity index (χ1n) is 9.35. The second-order valence-corrected chi connectivity index (χ2v) is 7.06. The third-order valence-corrected chi connectivity index (χ3v) is 4.23. The van der Waals surface area contributed by atoms with Crippen molar-refractivity contribution in [1.29, 1.82) is 0 Å². The van der Waals surface area contributed by atoms with E-state index in [-0.39, 0.29) is 5.97 Å². The molecule has 1 aliphatic rings. The third-order valence-electron chi connectivity index (χ3n) is 4.23. The molecule has 1 heterocycles. The van der Waals surface area contributed by atoms with Crippen LogP contribution in [0.4, 0.5) is 5.69 Å². The Balaban J connectivity index is 1.62. The lowest BCUT2D eigenvalue weighted by atomic mass is 10.1. The van der Waals surface area contributed by atoms with Gasteiger partial charge in [0.1, 0.15) is 11.3 Å². The number of nitrogens with one attached hydrogen (secondary N) is 1. The highest BCUT2D eigenvalue weighted by Crippen LogP contribution is 2.33. The van der Waals surface area contributed by atoms with Gasteiger partial charge >= 0.3 is 5.97 Å². The van der Waals surface area contributed by atoms with Crippen LogP contribution in [0.5, 0.6) is 5.75 Å². The first-order valence-corrected chi connectivity index (χ1v) is 9.35. The third kappa shape index (κ3) is 5.04. The molecule has 140 valence electrons. The molecule has 2 aromatic carbocycles. The number of esters is 1. The van der Waals surface area contributed by atoms with Crippen LogP contribution in [0.15, 0.2) is 42.5 Å². The second kappa shape index (κ2) is 8.18. The van der Waals surface area contributed by atoms with Gasteiger partial charge in [-0.05, 0) is 36.2 Å². The summed E-state index contributed by atoms with van der Waals surface area (Å²) in [5.74, 6) is 5.63. The van der Waals surface area contributed by atoms with Gasteiger partial charge in [-0.25, -0.2) is 4.79 Å². The number of carbonyl (C=O) groups excluding carboxylic acids is 1. The molecule has 0 aliphatic carbocycles. The summed E-state index contributed by atoms with van der Waals surface area (Å²) in [6, 6.07) is 13.7. The summed E-state index contributed by atoms with van der Waals surface area (Å²) in [4.78, 5) is 12.0. The highest BCUT2D eigenvalue weighted by Gasteiger charge is 2.33. The lowest BCUT2D eigenvalue weighted by molar-refractivity contribution is -0.127. The minimum absolute atomic E-state index is 0.358. The van der Waals surface area contributed by atoms with E-state index in [4.69, 9.17) is 9.47 Å². The number of anilines is 1. The maximum absolute atomic E-state index is 12.0.